The molecule has 0 fully saturated rings. The van der Waals surface area contributed by atoms with E-state index in [1.807, 2.05) is 23.1 Å². The summed E-state index contributed by atoms with van der Waals surface area (Å²) in [5, 5.41) is 10.7. The maximum atomic E-state index is 10.5. The topological polar surface area (TPSA) is 55.1 Å². The molecule has 0 amide bonds. The van der Waals surface area contributed by atoms with Crippen LogP contribution in [0.15, 0.2) is 23.7 Å². The van der Waals surface area contributed by atoms with Crippen LogP contribution in [0.25, 0.3) is 0 Å². The fourth-order valence-electron chi connectivity index (χ4n) is 1.69. The first-order valence-corrected chi connectivity index (χ1v) is 6.28. The molecule has 0 radical (unpaired) electrons. The molecule has 0 aliphatic rings. The van der Waals surface area contributed by atoms with Gasteiger partial charge in [-0.15, -0.1) is 11.3 Å². The van der Waals surface area contributed by atoms with E-state index in [0.29, 0.717) is 6.42 Å². The van der Waals surface area contributed by atoms with Crippen LogP contribution >= 0.6 is 11.3 Å². The third-order valence-corrected chi connectivity index (χ3v) is 3.56. The molecule has 1 N–H and O–H groups in total. The lowest BCUT2D eigenvalue weighted by molar-refractivity contribution is -0.136. The molecule has 0 aliphatic carbocycles. The molecule has 2 rings (SSSR count). The van der Waals surface area contributed by atoms with Gasteiger partial charge < -0.3 is 9.67 Å². The summed E-state index contributed by atoms with van der Waals surface area (Å²) in [7, 11) is 1.94. The molecule has 17 heavy (non-hydrogen) atoms. The predicted molar refractivity (Wildman–Crippen MR) is 66.3 cm³/mol. The second-order valence-electron chi connectivity index (χ2n) is 3.87. The maximum Gasteiger partial charge on any atom is 0.303 e. The fraction of sp³-hybridized carbons (Fsp3) is 0.333. The largest absolute Gasteiger partial charge is 0.481 e. The molecule has 0 aromatic carbocycles. The van der Waals surface area contributed by atoms with Gasteiger partial charge in [-0.25, -0.2) is 4.98 Å². The summed E-state index contributed by atoms with van der Waals surface area (Å²) < 4.78 is 1.99. The van der Waals surface area contributed by atoms with Crippen molar-refractivity contribution in [1.29, 1.82) is 0 Å². The molecule has 0 saturated carbocycles. The second-order valence-corrected chi connectivity index (χ2v) is 4.91. The minimum absolute atomic E-state index is 0.151. The Morgan fingerprint density at radius 2 is 2.41 bits per heavy atom. The van der Waals surface area contributed by atoms with Crippen LogP contribution in [0.3, 0.4) is 0 Å². The van der Waals surface area contributed by atoms with Crippen LogP contribution in [-0.2, 0) is 24.7 Å². The molecule has 2 aromatic rings. The van der Waals surface area contributed by atoms with Gasteiger partial charge in [0.1, 0.15) is 5.82 Å². The van der Waals surface area contributed by atoms with Crippen LogP contribution in [-0.4, -0.2) is 20.6 Å². The van der Waals surface area contributed by atoms with Gasteiger partial charge >= 0.3 is 5.97 Å². The van der Waals surface area contributed by atoms with Gasteiger partial charge in [0.15, 0.2) is 0 Å². The van der Waals surface area contributed by atoms with Crippen LogP contribution in [0.5, 0.6) is 0 Å². The Morgan fingerprint density at radius 3 is 3.06 bits per heavy atom. The molecule has 4 nitrogen and oxygen atoms in total. The lowest BCUT2D eigenvalue weighted by Gasteiger charge is -2.04. The van der Waals surface area contributed by atoms with Gasteiger partial charge in [-0.05, 0) is 17.9 Å². The van der Waals surface area contributed by atoms with Crippen molar-refractivity contribution < 1.29 is 9.90 Å². The van der Waals surface area contributed by atoms with Gasteiger partial charge in [-0.2, -0.15) is 0 Å². The van der Waals surface area contributed by atoms with E-state index in [1.54, 1.807) is 17.5 Å². The molecule has 0 aliphatic heterocycles. The number of carboxylic acid groups (broad SMARTS) is 1. The van der Waals surface area contributed by atoms with Gasteiger partial charge in [0.05, 0.1) is 6.42 Å². The number of aromatic nitrogens is 2. The summed E-state index contributed by atoms with van der Waals surface area (Å²) in [6, 6.07) is 4.10. The van der Waals surface area contributed by atoms with Crippen molar-refractivity contribution in [2.24, 2.45) is 7.05 Å². The fourth-order valence-corrected chi connectivity index (χ4v) is 2.39. The Kier molecular flexibility index (Phi) is 3.58. The van der Waals surface area contributed by atoms with Crippen LogP contribution in [0.2, 0.25) is 0 Å². The number of nitrogens with zero attached hydrogens (tertiary/aromatic N) is 2. The van der Waals surface area contributed by atoms with Gasteiger partial charge in [-0.3, -0.25) is 4.79 Å². The van der Waals surface area contributed by atoms with Crippen molar-refractivity contribution in [2.75, 3.05) is 0 Å². The maximum absolute atomic E-state index is 10.5. The molecule has 0 bridgehead atoms. The lowest BCUT2D eigenvalue weighted by Crippen LogP contribution is -2.04. The highest BCUT2D eigenvalue weighted by molar-refractivity contribution is 7.09. The molecule has 0 unspecified atom stereocenters. The zero-order valence-electron chi connectivity index (χ0n) is 9.59. The number of hydrogen-bond acceptors (Lipinski definition) is 3. The SMILES string of the molecule is Cn1c(CCC(=O)O)cnc1Cc1cccs1. The van der Waals surface area contributed by atoms with Gasteiger partial charge in [0.2, 0.25) is 0 Å². The number of imidazole rings is 1. The van der Waals surface area contributed by atoms with Crippen LogP contribution < -0.4 is 0 Å². The van der Waals surface area contributed by atoms with Gasteiger partial charge in [-0.1, -0.05) is 6.07 Å². The Bertz CT molecular complexity index is 503. The minimum atomic E-state index is -0.772. The Hall–Kier alpha value is -1.62. The standard InChI is InChI=1S/C12H14N2O2S/c1-14-9(4-5-12(15)16)8-13-11(14)7-10-3-2-6-17-10/h2-3,6,8H,4-5,7H2,1H3,(H,15,16). The summed E-state index contributed by atoms with van der Waals surface area (Å²) in [5.74, 6) is 0.207. The van der Waals surface area contributed by atoms with E-state index in [9.17, 15) is 4.79 Å². The third-order valence-electron chi connectivity index (χ3n) is 2.69. The van der Waals surface area contributed by atoms with Gasteiger partial charge in [0.25, 0.3) is 0 Å². The number of aliphatic carboxylic acids is 1. The molecule has 5 heteroatoms. The van der Waals surface area contributed by atoms with E-state index < -0.39 is 5.97 Å². The first-order valence-electron chi connectivity index (χ1n) is 5.40. The van der Waals surface area contributed by atoms with E-state index in [1.165, 1.54) is 4.88 Å². The zero-order valence-corrected chi connectivity index (χ0v) is 10.4. The first kappa shape index (κ1) is 11.9. The van der Waals surface area contributed by atoms with E-state index >= 15 is 0 Å². The smallest absolute Gasteiger partial charge is 0.303 e. The normalized spacial score (nSPS) is 10.6. The van der Waals surface area contributed by atoms with Crippen molar-refractivity contribution in [3.8, 4) is 0 Å². The Labute approximate surface area is 104 Å². The van der Waals surface area contributed by atoms with E-state index in [2.05, 4.69) is 11.1 Å². The monoisotopic (exact) mass is 250 g/mol. The quantitative estimate of drug-likeness (QED) is 0.884. The summed E-state index contributed by atoms with van der Waals surface area (Å²) in [5.41, 5.74) is 0.971. The van der Waals surface area contributed by atoms with Crippen molar-refractivity contribution in [1.82, 2.24) is 9.55 Å². The number of aryl methyl sites for hydroxylation is 1. The average Bonchev–Trinajstić information content (AvgIpc) is 2.89. The number of hydrogen-bond donors (Lipinski definition) is 1. The van der Waals surface area contributed by atoms with Crippen LogP contribution in [0.1, 0.15) is 22.8 Å². The lowest BCUT2D eigenvalue weighted by atomic mass is 10.2. The van der Waals surface area contributed by atoms with Crippen molar-refractivity contribution in [3.05, 3.63) is 40.1 Å². The van der Waals surface area contributed by atoms with E-state index in [0.717, 1.165) is 17.9 Å². The number of rotatable bonds is 5. The predicted octanol–water partition coefficient (Wildman–Crippen LogP) is 2.09. The van der Waals surface area contributed by atoms with Crippen molar-refractivity contribution >= 4 is 17.3 Å². The summed E-state index contributed by atoms with van der Waals surface area (Å²) in [4.78, 5) is 16.1. The summed E-state index contributed by atoms with van der Waals surface area (Å²) in [6.07, 6.45) is 3.26. The summed E-state index contributed by atoms with van der Waals surface area (Å²) in [6.45, 7) is 0. The third kappa shape index (κ3) is 2.94. The van der Waals surface area contributed by atoms with Crippen LogP contribution in [0.4, 0.5) is 0 Å². The highest BCUT2D eigenvalue weighted by Gasteiger charge is 2.09. The summed E-state index contributed by atoms with van der Waals surface area (Å²) >= 11 is 1.71. The van der Waals surface area contributed by atoms with E-state index in [4.69, 9.17) is 5.11 Å². The number of carbonyl (C=O) groups is 1. The molecule has 90 valence electrons. The molecule has 0 spiro atoms. The molecule has 0 saturated heterocycles. The zero-order chi connectivity index (χ0) is 12.3. The minimum Gasteiger partial charge on any atom is -0.481 e. The van der Waals surface area contributed by atoms with E-state index in [-0.39, 0.29) is 6.42 Å². The Morgan fingerprint density at radius 1 is 1.59 bits per heavy atom. The molecule has 2 aromatic heterocycles. The van der Waals surface area contributed by atoms with Crippen molar-refractivity contribution in [2.45, 2.75) is 19.3 Å². The molecule has 0 atom stereocenters. The Balaban J connectivity index is 2.07. The molecule has 2 heterocycles. The molecular weight excluding hydrogens is 236 g/mol. The number of thiophene rings is 1. The highest BCUT2D eigenvalue weighted by atomic mass is 32.1. The average molecular weight is 250 g/mol. The van der Waals surface area contributed by atoms with Crippen LogP contribution in [0, 0.1) is 0 Å². The first-order chi connectivity index (χ1) is 8.16. The second kappa shape index (κ2) is 5.14. The van der Waals surface area contributed by atoms with Crippen molar-refractivity contribution in [3.63, 3.8) is 0 Å². The highest BCUT2D eigenvalue weighted by Crippen LogP contribution is 2.15. The number of carboxylic acids is 1. The molecular formula is C12H14N2O2S. The van der Waals surface area contributed by atoms with Gasteiger partial charge in [0, 0.05) is 30.2 Å².